The molecule has 118 valence electrons. The van der Waals surface area contributed by atoms with Crippen molar-refractivity contribution in [1.29, 1.82) is 0 Å². The van der Waals surface area contributed by atoms with Gasteiger partial charge in [-0.2, -0.15) is 0 Å². The molecule has 1 unspecified atom stereocenters. The number of nitrogens with one attached hydrogen (secondary N) is 1. The van der Waals surface area contributed by atoms with Crippen LogP contribution in [0.5, 0.6) is 5.75 Å². The first-order valence-corrected chi connectivity index (χ1v) is 8.22. The molecule has 0 heterocycles. The van der Waals surface area contributed by atoms with Gasteiger partial charge in [-0.3, -0.25) is 0 Å². The average molecular weight is 290 g/mol. The van der Waals surface area contributed by atoms with Gasteiger partial charge in [-0.1, -0.05) is 25.1 Å². The molecule has 1 aromatic carbocycles. The number of likely N-dealkylation sites (N-methyl/N-ethyl adjacent to an activating group) is 1. The first-order chi connectivity index (χ1) is 10.2. The van der Waals surface area contributed by atoms with E-state index in [0.29, 0.717) is 18.0 Å². The average Bonchev–Trinajstić information content (AvgIpc) is 2.48. The number of hydrogen-bond donors (Lipinski definition) is 1. The number of hydrogen-bond acceptors (Lipinski definition) is 3. The van der Waals surface area contributed by atoms with Gasteiger partial charge >= 0.3 is 0 Å². The molecule has 0 aliphatic heterocycles. The van der Waals surface area contributed by atoms with E-state index in [1.165, 1.54) is 24.8 Å². The minimum atomic E-state index is 0.658. The van der Waals surface area contributed by atoms with Crippen molar-refractivity contribution in [2.45, 2.75) is 51.1 Å². The maximum Gasteiger partial charge on any atom is 0.122 e. The Morgan fingerprint density at radius 2 is 2.05 bits per heavy atom. The molecule has 3 heteroatoms. The van der Waals surface area contributed by atoms with Crippen LogP contribution in [0.15, 0.2) is 24.3 Å². The van der Waals surface area contributed by atoms with Crippen molar-refractivity contribution in [1.82, 2.24) is 10.2 Å². The Morgan fingerprint density at radius 3 is 2.71 bits per heavy atom. The fourth-order valence-corrected chi connectivity index (χ4v) is 3.02. The summed E-state index contributed by atoms with van der Waals surface area (Å²) in [5, 5.41) is 3.68. The van der Waals surface area contributed by atoms with E-state index in [-0.39, 0.29) is 0 Å². The fourth-order valence-electron chi connectivity index (χ4n) is 3.02. The standard InChI is InChI=1S/C18H30N2O/c1-5-14(2)20(3)11-10-19-16-12-15(13-16)17-8-6-7-9-18(17)21-4/h6-9,14-16,19H,5,10-13H2,1-4H3. The van der Waals surface area contributed by atoms with E-state index in [1.807, 2.05) is 6.07 Å². The quantitative estimate of drug-likeness (QED) is 0.795. The van der Waals surface area contributed by atoms with Crippen LogP contribution in [0, 0.1) is 0 Å². The van der Waals surface area contributed by atoms with E-state index in [4.69, 9.17) is 4.74 Å². The lowest BCUT2D eigenvalue weighted by Crippen LogP contribution is -2.44. The summed E-state index contributed by atoms with van der Waals surface area (Å²) in [6.45, 7) is 6.76. The minimum absolute atomic E-state index is 0.658. The van der Waals surface area contributed by atoms with Crippen molar-refractivity contribution in [3.05, 3.63) is 29.8 Å². The Morgan fingerprint density at radius 1 is 1.33 bits per heavy atom. The molecule has 21 heavy (non-hydrogen) atoms. The normalized spacial score (nSPS) is 22.9. The van der Waals surface area contributed by atoms with Crippen LogP contribution in [-0.2, 0) is 0 Å². The molecule has 1 fully saturated rings. The van der Waals surface area contributed by atoms with Crippen LogP contribution in [0.4, 0.5) is 0 Å². The third-order valence-electron chi connectivity index (χ3n) is 4.96. The van der Waals surface area contributed by atoms with Crippen LogP contribution in [0.1, 0.15) is 44.6 Å². The van der Waals surface area contributed by atoms with Gasteiger partial charge in [0.05, 0.1) is 7.11 Å². The minimum Gasteiger partial charge on any atom is -0.496 e. The predicted octanol–water partition coefficient (Wildman–Crippen LogP) is 3.26. The van der Waals surface area contributed by atoms with Gasteiger partial charge in [0.2, 0.25) is 0 Å². The van der Waals surface area contributed by atoms with Crippen LogP contribution in [0.25, 0.3) is 0 Å². The highest BCUT2D eigenvalue weighted by Gasteiger charge is 2.31. The number of ether oxygens (including phenoxy) is 1. The summed E-state index contributed by atoms with van der Waals surface area (Å²) >= 11 is 0. The lowest BCUT2D eigenvalue weighted by Gasteiger charge is -2.37. The summed E-state index contributed by atoms with van der Waals surface area (Å²) < 4.78 is 5.46. The van der Waals surface area contributed by atoms with Crippen LogP contribution in [0.2, 0.25) is 0 Å². The van der Waals surface area contributed by atoms with Gasteiger partial charge in [-0.05, 0) is 50.8 Å². The molecule has 1 atom stereocenters. The second kappa shape index (κ2) is 7.81. The molecule has 0 spiro atoms. The summed E-state index contributed by atoms with van der Waals surface area (Å²) in [5.41, 5.74) is 1.37. The smallest absolute Gasteiger partial charge is 0.122 e. The summed E-state index contributed by atoms with van der Waals surface area (Å²) in [5.74, 6) is 1.70. The van der Waals surface area contributed by atoms with Gasteiger partial charge in [0.15, 0.2) is 0 Å². The van der Waals surface area contributed by atoms with Crippen LogP contribution < -0.4 is 10.1 Å². The number of nitrogens with zero attached hydrogens (tertiary/aromatic N) is 1. The van der Waals surface area contributed by atoms with Gasteiger partial charge < -0.3 is 15.0 Å². The Hall–Kier alpha value is -1.06. The maximum absolute atomic E-state index is 5.46. The summed E-state index contributed by atoms with van der Waals surface area (Å²) in [7, 11) is 3.98. The molecule has 0 radical (unpaired) electrons. The number of methoxy groups -OCH3 is 1. The molecule has 1 N–H and O–H groups in total. The second-order valence-corrected chi connectivity index (χ2v) is 6.30. The third kappa shape index (κ3) is 4.21. The van der Waals surface area contributed by atoms with Crippen LogP contribution in [0.3, 0.4) is 0 Å². The molecule has 3 nitrogen and oxygen atoms in total. The predicted molar refractivity (Wildman–Crippen MR) is 89.1 cm³/mol. The summed E-state index contributed by atoms with van der Waals surface area (Å²) in [6, 6.07) is 9.77. The van der Waals surface area contributed by atoms with E-state index in [0.717, 1.165) is 18.8 Å². The molecule has 0 bridgehead atoms. The topological polar surface area (TPSA) is 24.5 Å². The van der Waals surface area contributed by atoms with Crippen molar-refractivity contribution >= 4 is 0 Å². The highest BCUT2D eigenvalue weighted by Crippen LogP contribution is 2.40. The van der Waals surface area contributed by atoms with Gasteiger partial charge in [0.1, 0.15) is 5.75 Å². The summed E-state index contributed by atoms with van der Waals surface area (Å²) in [4.78, 5) is 2.43. The molecule has 0 aromatic heterocycles. The monoisotopic (exact) mass is 290 g/mol. The van der Waals surface area contributed by atoms with Gasteiger partial charge in [0, 0.05) is 25.2 Å². The molecule has 1 aromatic rings. The van der Waals surface area contributed by atoms with Crippen molar-refractivity contribution < 1.29 is 4.74 Å². The molecule has 1 aliphatic carbocycles. The highest BCUT2D eigenvalue weighted by molar-refractivity contribution is 5.37. The third-order valence-corrected chi connectivity index (χ3v) is 4.96. The van der Waals surface area contributed by atoms with Crippen molar-refractivity contribution in [3.8, 4) is 5.75 Å². The van der Waals surface area contributed by atoms with Crippen LogP contribution >= 0.6 is 0 Å². The van der Waals surface area contributed by atoms with E-state index >= 15 is 0 Å². The lowest BCUT2D eigenvalue weighted by molar-refractivity contribution is 0.228. The number of rotatable bonds is 8. The molecule has 0 saturated heterocycles. The van der Waals surface area contributed by atoms with Crippen LogP contribution in [-0.4, -0.2) is 44.2 Å². The number of benzene rings is 1. The first-order valence-electron chi connectivity index (χ1n) is 8.22. The highest BCUT2D eigenvalue weighted by atomic mass is 16.5. The second-order valence-electron chi connectivity index (χ2n) is 6.30. The van der Waals surface area contributed by atoms with E-state index in [9.17, 15) is 0 Å². The molecule has 1 saturated carbocycles. The largest absolute Gasteiger partial charge is 0.496 e. The molecule has 1 aliphatic rings. The Kier molecular flexibility index (Phi) is 6.07. The Bertz CT molecular complexity index is 429. The van der Waals surface area contributed by atoms with Crippen molar-refractivity contribution in [2.75, 3.05) is 27.2 Å². The molecule has 0 amide bonds. The zero-order valence-corrected chi connectivity index (χ0v) is 13.9. The lowest BCUT2D eigenvalue weighted by atomic mass is 9.75. The zero-order valence-electron chi connectivity index (χ0n) is 13.9. The van der Waals surface area contributed by atoms with E-state index in [2.05, 4.69) is 49.3 Å². The SMILES string of the molecule is CCC(C)N(C)CCNC1CC(c2ccccc2OC)C1. The van der Waals surface area contributed by atoms with E-state index in [1.54, 1.807) is 7.11 Å². The summed E-state index contributed by atoms with van der Waals surface area (Å²) in [6.07, 6.45) is 3.68. The Labute approximate surface area is 129 Å². The first kappa shape index (κ1) is 16.3. The van der Waals surface area contributed by atoms with Crippen molar-refractivity contribution in [2.24, 2.45) is 0 Å². The molecular formula is C18H30N2O. The van der Waals surface area contributed by atoms with Crippen molar-refractivity contribution in [3.63, 3.8) is 0 Å². The Balaban J connectivity index is 1.70. The van der Waals surface area contributed by atoms with Gasteiger partial charge in [0.25, 0.3) is 0 Å². The van der Waals surface area contributed by atoms with Gasteiger partial charge in [-0.25, -0.2) is 0 Å². The molecule has 2 rings (SSSR count). The van der Waals surface area contributed by atoms with Gasteiger partial charge in [-0.15, -0.1) is 0 Å². The fraction of sp³-hybridized carbons (Fsp3) is 0.667. The van der Waals surface area contributed by atoms with E-state index < -0.39 is 0 Å². The maximum atomic E-state index is 5.46. The molecular weight excluding hydrogens is 260 g/mol. The zero-order chi connectivity index (χ0) is 15.2. The number of para-hydroxylation sites is 1.